The topological polar surface area (TPSA) is 198 Å². The van der Waals surface area contributed by atoms with E-state index in [0.29, 0.717) is 17.1 Å². The lowest BCUT2D eigenvalue weighted by molar-refractivity contribution is -0.166. The number of amides is 3. The zero-order chi connectivity index (χ0) is 33.2. The van der Waals surface area contributed by atoms with Gasteiger partial charge in [0.15, 0.2) is 12.3 Å². The molecule has 4 aliphatic heterocycles. The van der Waals surface area contributed by atoms with Crippen molar-refractivity contribution in [3.05, 3.63) is 41.7 Å². The van der Waals surface area contributed by atoms with Gasteiger partial charge in [0, 0.05) is 22.8 Å². The number of nitrogens with one attached hydrogen (secondary N) is 1. The van der Waals surface area contributed by atoms with Crippen molar-refractivity contribution in [3.8, 4) is 5.75 Å². The van der Waals surface area contributed by atoms with E-state index in [4.69, 9.17) is 19.9 Å². The van der Waals surface area contributed by atoms with Gasteiger partial charge in [-0.25, -0.2) is 9.59 Å². The minimum atomic E-state index is -0.977. The summed E-state index contributed by atoms with van der Waals surface area (Å²) in [5, 5.41) is 21.1. The van der Waals surface area contributed by atoms with Gasteiger partial charge in [-0.2, -0.15) is 0 Å². The zero-order valence-corrected chi connectivity index (χ0v) is 27.6. The lowest BCUT2D eigenvalue weighted by Gasteiger charge is -2.44. The maximum absolute atomic E-state index is 13.1. The van der Waals surface area contributed by atoms with E-state index >= 15 is 0 Å². The molecule has 0 bridgehead atoms. The Bertz CT molecular complexity index is 1390. The first-order valence-corrected chi connectivity index (χ1v) is 18.0. The van der Waals surface area contributed by atoms with Crippen LogP contribution < -0.4 is 11.1 Å². The molecule has 0 saturated carbocycles. The molecular weight excluding hydrogens is 661 g/mol. The van der Waals surface area contributed by atoms with Gasteiger partial charge < -0.3 is 40.4 Å². The third-order valence-corrected chi connectivity index (χ3v) is 12.0. The number of phenols is 1. The summed E-state index contributed by atoms with van der Waals surface area (Å²) >= 11 is 1.49. The first-order chi connectivity index (χ1) is 21.9. The Balaban J connectivity index is 0.989. The Morgan fingerprint density at radius 3 is 2.41 bits per heavy atom. The molecule has 2 unspecified atom stereocenters. The van der Waals surface area contributed by atoms with Crippen molar-refractivity contribution >= 4 is 63.0 Å². The highest BCUT2D eigenvalue weighted by Crippen LogP contribution is 2.53. The van der Waals surface area contributed by atoms with E-state index in [9.17, 15) is 34.2 Å². The van der Waals surface area contributed by atoms with Gasteiger partial charge in [-0.15, -0.1) is 11.8 Å². The number of carbonyl (C=O) groups excluding carboxylic acids is 5. The number of benzene rings is 1. The fourth-order valence-electron chi connectivity index (χ4n) is 5.69. The number of hydrogen-bond donors (Lipinski definition) is 4. The summed E-state index contributed by atoms with van der Waals surface area (Å²) in [6.07, 6.45) is 1.05. The molecule has 1 aromatic rings. The molecular formula is C29H36N4O10S3. The van der Waals surface area contributed by atoms with Gasteiger partial charge in [-0.1, -0.05) is 33.7 Å². The second-order valence-corrected chi connectivity index (χ2v) is 15.9. The van der Waals surface area contributed by atoms with E-state index in [0.717, 1.165) is 0 Å². The number of phenolic OH excluding ortho intramolecular Hbond substituents is 1. The highest BCUT2D eigenvalue weighted by Gasteiger charge is 2.64. The van der Waals surface area contributed by atoms with E-state index in [2.05, 4.69) is 5.32 Å². The molecule has 4 aliphatic rings. The van der Waals surface area contributed by atoms with Gasteiger partial charge in [0.2, 0.25) is 17.7 Å². The van der Waals surface area contributed by atoms with Crippen molar-refractivity contribution in [1.82, 2.24) is 15.1 Å². The Hall–Kier alpha value is -3.12. The van der Waals surface area contributed by atoms with Gasteiger partial charge >= 0.3 is 11.9 Å². The Morgan fingerprint density at radius 2 is 1.78 bits per heavy atom. The number of ether oxygens (including phenoxy) is 3. The number of thioether (sulfide) groups is 1. The molecule has 4 heterocycles. The number of nitrogens with two attached hydrogens (primary N) is 1. The molecule has 5 rings (SSSR count). The highest BCUT2D eigenvalue weighted by molar-refractivity contribution is 8.76. The fraction of sp³-hybridized carbons (Fsp3) is 0.552. The van der Waals surface area contributed by atoms with Crippen LogP contribution in [0.1, 0.15) is 31.9 Å². The molecule has 3 amide bonds. The van der Waals surface area contributed by atoms with Crippen molar-refractivity contribution < 1.29 is 48.4 Å². The summed E-state index contributed by atoms with van der Waals surface area (Å²) in [5.41, 5.74) is 6.56. The van der Waals surface area contributed by atoms with Crippen LogP contribution in [0.4, 0.5) is 0 Å². The molecule has 46 heavy (non-hydrogen) atoms. The van der Waals surface area contributed by atoms with Crippen LogP contribution in [-0.2, 0) is 38.2 Å². The van der Waals surface area contributed by atoms with Crippen molar-refractivity contribution in [3.63, 3.8) is 0 Å². The van der Waals surface area contributed by atoms with Crippen molar-refractivity contribution in [1.29, 1.82) is 0 Å². The van der Waals surface area contributed by atoms with Crippen LogP contribution in [0.3, 0.4) is 0 Å². The normalized spacial score (nSPS) is 27.2. The first kappa shape index (κ1) is 34.2. The van der Waals surface area contributed by atoms with Crippen molar-refractivity contribution in [2.24, 2.45) is 11.7 Å². The molecule has 14 nitrogen and oxygen atoms in total. The monoisotopic (exact) mass is 696 g/mol. The number of aliphatic hydroxyl groups excluding tert-OH is 1. The SMILES string of the molecule is CC1(C)S[C@H]2[C@@H](CNC(=O)C(N)c3ccc(O)cc3)C(=O)N2C1C(=O)OCCSSCCOC(=O)[C@H]1/C(=C/CO)O[C@@H]2CC(=O)N21. The van der Waals surface area contributed by atoms with E-state index < -0.39 is 52.9 Å². The Kier molecular flexibility index (Phi) is 10.7. The van der Waals surface area contributed by atoms with Gasteiger partial charge in [0.1, 0.15) is 36.8 Å². The molecule has 0 radical (unpaired) electrons. The summed E-state index contributed by atoms with van der Waals surface area (Å²) in [7, 11) is 2.86. The second-order valence-electron chi connectivity index (χ2n) is 11.4. The molecule has 0 aliphatic carbocycles. The maximum atomic E-state index is 13.1. The number of esters is 2. The van der Waals surface area contributed by atoms with Crippen LogP contribution in [-0.4, -0.2) is 116 Å². The van der Waals surface area contributed by atoms with Crippen LogP contribution in [0.2, 0.25) is 0 Å². The van der Waals surface area contributed by atoms with Crippen LogP contribution in [0.5, 0.6) is 5.75 Å². The summed E-state index contributed by atoms with van der Waals surface area (Å²) in [6.45, 7) is 3.76. The lowest BCUT2D eigenvalue weighted by atomic mass is 9.91. The number of hydrogen-bond acceptors (Lipinski definition) is 14. The van der Waals surface area contributed by atoms with Gasteiger partial charge in [0.25, 0.3) is 0 Å². The molecule has 5 N–H and O–H groups in total. The second kappa shape index (κ2) is 14.3. The smallest absolute Gasteiger partial charge is 0.336 e. The Morgan fingerprint density at radius 1 is 1.13 bits per heavy atom. The number of rotatable bonds is 14. The van der Waals surface area contributed by atoms with Gasteiger partial charge in [0.05, 0.1) is 24.3 Å². The Labute approximate surface area is 277 Å². The van der Waals surface area contributed by atoms with Crippen molar-refractivity contribution in [2.45, 2.75) is 54.7 Å². The molecule has 0 aromatic heterocycles. The third-order valence-electron chi connectivity index (χ3n) is 7.99. The average Bonchev–Trinajstić information content (AvgIpc) is 3.45. The molecule has 0 spiro atoms. The van der Waals surface area contributed by atoms with Crippen LogP contribution in [0.15, 0.2) is 36.1 Å². The predicted molar refractivity (Wildman–Crippen MR) is 170 cm³/mol. The van der Waals surface area contributed by atoms with E-state index in [1.165, 1.54) is 61.4 Å². The van der Waals surface area contributed by atoms with Crippen LogP contribution in [0.25, 0.3) is 0 Å². The molecule has 4 saturated heterocycles. The van der Waals surface area contributed by atoms with E-state index in [1.807, 2.05) is 13.8 Å². The minimum Gasteiger partial charge on any atom is -0.508 e. The highest BCUT2D eigenvalue weighted by atomic mass is 33.1. The molecule has 17 heteroatoms. The number of β-lactam (4-membered cyclic amide) rings is 2. The predicted octanol–water partition coefficient (Wildman–Crippen LogP) is 0.488. The number of fused-ring (bicyclic) bond motifs is 2. The number of aliphatic hydroxyl groups is 1. The largest absolute Gasteiger partial charge is 0.508 e. The maximum Gasteiger partial charge on any atom is 0.336 e. The zero-order valence-electron chi connectivity index (χ0n) is 25.2. The molecule has 6 atom stereocenters. The number of aromatic hydroxyl groups is 1. The fourth-order valence-corrected chi connectivity index (χ4v) is 9.02. The average molecular weight is 697 g/mol. The first-order valence-electron chi connectivity index (χ1n) is 14.6. The van der Waals surface area contributed by atoms with Crippen LogP contribution in [0, 0.1) is 5.92 Å². The quantitative estimate of drug-likeness (QED) is 0.0907. The standard InChI is InChI=1S/C29H36N4O10S3/c1-29(2)23(33-25(38)17(26(33)46-29)14-31-24(37)21(30)15-3-5-16(35)6-4-15)28(40)42-10-12-45-44-11-9-41-27(39)22-18(7-8-34)43-20-13-19(36)32(20)22/h3-7,17,20-23,26,34-35H,8-14,30H2,1-2H3,(H,31,37)/b18-7-/t17-,20+,21?,22+,23?,26-/m0/s1. The lowest BCUT2D eigenvalue weighted by Crippen LogP contribution is -2.65. The summed E-state index contributed by atoms with van der Waals surface area (Å²) in [4.78, 5) is 66.0. The summed E-state index contributed by atoms with van der Waals surface area (Å²) in [6, 6.07) is 3.31. The van der Waals surface area contributed by atoms with Gasteiger partial charge in [-0.05, 0) is 37.6 Å². The minimum absolute atomic E-state index is 0.0625. The molecule has 4 fully saturated rings. The third kappa shape index (κ3) is 6.93. The van der Waals surface area contributed by atoms with Crippen molar-refractivity contribution in [2.75, 3.05) is 37.9 Å². The number of carbonyl (C=O) groups is 5. The van der Waals surface area contributed by atoms with E-state index in [1.54, 1.807) is 12.1 Å². The summed E-state index contributed by atoms with van der Waals surface area (Å²) < 4.78 is 15.8. The summed E-state index contributed by atoms with van der Waals surface area (Å²) in [5.74, 6) is -1.28. The molecule has 1 aromatic carbocycles. The molecule has 250 valence electrons. The number of nitrogens with zero attached hydrogens (tertiary/aromatic N) is 2. The van der Waals surface area contributed by atoms with E-state index in [-0.39, 0.29) is 61.5 Å². The van der Waals surface area contributed by atoms with Gasteiger partial charge in [-0.3, -0.25) is 19.3 Å². The van der Waals surface area contributed by atoms with Crippen LogP contribution >= 0.6 is 33.3 Å².